The van der Waals surface area contributed by atoms with Crippen LogP contribution in [0.3, 0.4) is 0 Å². The molecule has 0 saturated heterocycles. The first-order valence-corrected chi connectivity index (χ1v) is 8.86. The van der Waals surface area contributed by atoms with Crippen molar-refractivity contribution < 1.29 is 9.53 Å². The topological polar surface area (TPSA) is 42.4 Å². The molecule has 0 aliphatic carbocycles. The van der Waals surface area contributed by atoms with Crippen molar-refractivity contribution in [3.63, 3.8) is 0 Å². The minimum atomic E-state index is -0.431. The molecule has 1 rings (SSSR count). The third-order valence-corrected chi connectivity index (χ3v) is 4.70. The average Bonchev–Trinajstić information content (AvgIpc) is 2.54. The summed E-state index contributed by atoms with van der Waals surface area (Å²) in [7, 11) is 1.38. The van der Waals surface area contributed by atoms with E-state index in [4.69, 9.17) is 16.3 Å². The number of aromatic nitrogens is 1. The zero-order valence-electron chi connectivity index (χ0n) is 15.1. The Morgan fingerprint density at radius 3 is 2.04 bits per heavy atom. The van der Waals surface area contributed by atoms with Gasteiger partial charge in [-0.1, -0.05) is 39.3 Å². The molecule has 0 bridgehead atoms. The van der Waals surface area contributed by atoms with Gasteiger partial charge in [0.15, 0.2) is 0 Å². The molecule has 1 aromatic rings. The van der Waals surface area contributed by atoms with Crippen molar-refractivity contribution in [1.29, 1.82) is 0 Å². The van der Waals surface area contributed by atoms with Gasteiger partial charge in [0.1, 0.15) is 10.7 Å². The van der Waals surface area contributed by atoms with Crippen molar-refractivity contribution in [1.82, 2.24) is 4.98 Å². The Hall–Kier alpha value is -1.29. The maximum atomic E-state index is 12.3. The van der Waals surface area contributed by atoms with E-state index in [1.165, 1.54) is 7.11 Å². The lowest BCUT2D eigenvalue weighted by Gasteiger charge is -2.40. The van der Waals surface area contributed by atoms with Crippen molar-refractivity contribution in [3.05, 3.63) is 22.5 Å². The molecule has 0 unspecified atom stereocenters. The molecule has 0 aliphatic rings. The van der Waals surface area contributed by atoms with Crippen molar-refractivity contribution in [2.45, 2.75) is 72.4 Å². The molecular weight excluding hydrogens is 312 g/mol. The fourth-order valence-corrected chi connectivity index (χ4v) is 3.48. The van der Waals surface area contributed by atoms with Crippen LogP contribution in [0.1, 0.15) is 69.4 Å². The van der Waals surface area contributed by atoms with Crippen LogP contribution in [0.25, 0.3) is 0 Å². The molecule has 1 aromatic heterocycles. The maximum Gasteiger partial charge on any atom is 0.343 e. The van der Waals surface area contributed by atoms with Crippen LogP contribution >= 0.6 is 11.6 Å². The Balaban J connectivity index is 3.59. The van der Waals surface area contributed by atoms with E-state index in [0.717, 1.165) is 37.1 Å². The van der Waals surface area contributed by atoms with E-state index in [2.05, 4.69) is 37.6 Å². The summed E-state index contributed by atoms with van der Waals surface area (Å²) in [5.41, 5.74) is 2.02. The van der Waals surface area contributed by atoms with E-state index in [-0.39, 0.29) is 5.15 Å². The predicted octanol–water partition coefficient (Wildman–Crippen LogP) is 5.01. The highest BCUT2D eigenvalue weighted by Crippen LogP contribution is 2.33. The summed E-state index contributed by atoms with van der Waals surface area (Å²) in [4.78, 5) is 18.9. The zero-order valence-corrected chi connectivity index (χ0v) is 15.9. The van der Waals surface area contributed by atoms with Crippen LogP contribution in [0.2, 0.25) is 5.15 Å². The number of anilines is 1. The monoisotopic (exact) mass is 340 g/mol. The summed E-state index contributed by atoms with van der Waals surface area (Å²) >= 11 is 6.30. The molecule has 130 valence electrons. The summed E-state index contributed by atoms with van der Waals surface area (Å²) in [5.74, 6) is -0.431. The number of carbonyl (C=O) groups is 1. The molecule has 0 aliphatic heterocycles. The first kappa shape index (κ1) is 19.8. The van der Waals surface area contributed by atoms with Gasteiger partial charge in [-0.2, -0.15) is 0 Å². The van der Waals surface area contributed by atoms with E-state index < -0.39 is 5.97 Å². The number of hydrogen-bond acceptors (Lipinski definition) is 4. The van der Waals surface area contributed by atoms with Crippen LogP contribution in [0.4, 0.5) is 5.69 Å². The number of pyridine rings is 1. The summed E-state index contributed by atoms with van der Waals surface area (Å²) < 4.78 is 4.95. The number of methoxy groups -OCH3 is 1. The molecule has 0 fully saturated rings. The molecule has 0 N–H and O–H groups in total. The predicted molar refractivity (Wildman–Crippen MR) is 96.5 cm³/mol. The van der Waals surface area contributed by atoms with Crippen LogP contribution in [0.15, 0.2) is 6.07 Å². The second-order valence-corrected chi connectivity index (χ2v) is 6.15. The van der Waals surface area contributed by atoms with Crippen LogP contribution in [-0.4, -0.2) is 30.1 Å². The Kier molecular flexibility index (Phi) is 7.83. The van der Waals surface area contributed by atoms with Gasteiger partial charge >= 0.3 is 5.97 Å². The van der Waals surface area contributed by atoms with Gasteiger partial charge in [-0.05, 0) is 38.7 Å². The summed E-state index contributed by atoms with van der Waals surface area (Å²) in [5, 5.41) is 0.216. The number of aryl methyl sites for hydroxylation is 1. The van der Waals surface area contributed by atoms with Gasteiger partial charge in [-0.3, -0.25) is 0 Å². The van der Waals surface area contributed by atoms with Gasteiger partial charge in [-0.25, -0.2) is 9.78 Å². The number of ether oxygens (including phenoxy) is 1. The van der Waals surface area contributed by atoms with Gasteiger partial charge in [0.05, 0.1) is 12.8 Å². The molecular formula is C18H29ClN2O2. The Bertz CT molecular complexity index is 514. The Labute approximate surface area is 145 Å². The van der Waals surface area contributed by atoms with E-state index in [0.29, 0.717) is 17.6 Å². The van der Waals surface area contributed by atoms with Gasteiger partial charge in [0.2, 0.25) is 0 Å². The van der Waals surface area contributed by atoms with E-state index >= 15 is 0 Å². The lowest BCUT2D eigenvalue weighted by atomic mass is 10.0. The van der Waals surface area contributed by atoms with Crippen LogP contribution < -0.4 is 4.90 Å². The highest BCUT2D eigenvalue weighted by molar-refractivity contribution is 6.33. The van der Waals surface area contributed by atoms with Crippen LogP contribution in [0.5, 0.6) is 0 Å². The summed E-state index contributed by atoms with van der Waals surface area (Å²) in [6.07, 6.45) is 4.03. The molecule has 0 saturated carbocycles. The van der Waals surface area contributed by atoms with Crippen LogP contribution in [0, 0.1) is 6.92 Å². The average molecular weight is 341 g/mol. The van der Waals surface area contributed by atoms with Crippen molar-refractivity contribution >= 4 is 23.3 Å². The van der Waals surface area contributed by atoms with Crippen molar-refractivity contribution in [2.24, 2.45) is 0 Å². The number of nitrogens with zero attached hydrogens (tertiary/aromatic N) is 2. The second kappa shape index (κ2) is 9.11. The Morgan fingerprint density at radius 2 is 1.65 bits per heavy atom. The highest BCUT2D eigenvalue weighted by atomic mass is 35.5. The molecule has 5 heteroatoms. The van der Waals surface area contributed by atoms with Gasteiger partial charge < -0.3 is 9.64 Å². The molecule has 0 amide bonds. The SMILES string of the molecule is CCC(CC)N(c1cc(C)nc(Cl)c1C(=O)OC)C(CC)CC. The number of hydrogen-bond donors (Lipinski definition) is 0. The van der Waals surface area contributed by atoms with Crippen molar-refractivity contribution in [2.75, 3.05) is 12.0 Å². The smallest absolute Gasteiger partial charge is 0.343 e. The fourth-order valence-electron chi connectivity index (χ4n) is 3.17. The summed E-state index contributed by atoms with van der Waals surface area (Å²) in [6.45, 7) is 10.6. The van der Waals surface area contributed by atoms with Crippen molar-refractivity contribution in [3.8, 4) is 0 Å². The lowest BCUT2D eigenvalue weighted by molar-refractivity contribution is 0.0601. The highest BCUT2D eigenvalue weighted by Gasteiger charge is 2.29. The molecule has 4 nitrogen and oxygen atoms in total. The van der Waals surface area contributed by atoms with Gasteiger partial charge in [0, 0.05) is 17.8 Å². The third kappa shape index (κ3) is 4.37. The van der Waals surface area contributed by atoms with Crippen LogP contribution in [-0.2, 0) is 4.74 Å². The number of carbonyl (C=O) groups excluding carboxylic acids is 1. The first-order chi connectivity index (χ1) is 10.9. The van der Waals surface area contributed by atoms with Gasteiger partial charge in [0.25, 0.3) is 0 Å². The van der Waals surface area contributed by atoms with E-state index in [1.807, 2.05) is 13.0 Å². The quantitative estimate of drug-likeness (QED) is 0.492. The maximum absolute atomic E-state index is 12.3. The normalized spacial score (nSPS) is 11.2. The van der Waals surface area contributed by atoms with E-state index in [9.17, 15) is 4.79 Å². The molecule has 0 aromatic carbocycles. The lowest BCUT2D eigenvalue weighted by Crippen LogP contribution is -2.43. The second-order valence-electron chi connectivity index (χ2n) is 5.79. The van der Waals surface area contributed by atoms with E-state index in [1.54, 1.807) is 0 Å². The minimum Gasteiger partial charge on any atom is -0.465 e. The molecule has 23 heavy (non-hydrogen) atoms. The Morgan fingerprint density at radius 1 is 1.17 bits per heavy atom. The number of halogens is 1. The zero-order chi connectivity index (χ0) is 17.6. The minimum absolute atomic E-state index is 0.216. The largest absolute Gasteiger partial charge is 0.465 e. The molecule has 0 radical (unpaired) electrons. The molecule has 0 atom stereocenters. The fraction of sp³-hybridized carbons (Fsp3) is 0.667. The number of esters is 1. The number of rotatable bonds is 8. The standard InChI is InChI=1S/C18H29ClN2O2/c1-7-13(8-2)21(14(9-3)10-4)15-11-12(5)20-17(19)16(15)18(22)23-6/h11,13-14H,7-10H2,1-6H3. The summed E-state index contributed by atoms with van der Waals surface area (Å²) in [6, 6.07) is 2.65. The first-order valence-electron chi connectivity index (χ1n) is 8.48. The molecule has 0 spiro atoms. The third-order valence-electron chi connectivity index (χ3n) is 4.42. The molecule has 1 heterocycles. The van der Waals surface area contributed by atoms with Gasteiger partial charge in [-0.15, -0.1) is 0 Å².